The lowest BCUT2D eigenvalue weighted by Gasteiger charge is -2.17. The Morgan fingerprint density at radius 2 is 1.71 bits per heavy atom. The molecule has 3 nitrogen and oxygen atoms in total. The second-order valence-corrected chi connectivity index (χ2v) is 6.62. The quantitative estimate of drug-likeness (QED) is 0.865. The molecule has 122 valence electrons. The summed E-state index contributed by atoms with van der Waals surface area (Å²) in [6, 6.07) is 18.5. The summed E-state index contributed by atoms with van der Waals surface area (Å²) >= 11 is 0. The lowest BCUT2D eigenvalue weighted by Crippen LogP contribution is -2.22. The van der Waals surface area contributed by atoms with Gasteiger partial charge in [-0.15, -0.1) is 0 Å². The van der Waals surface area contributed by atoms with Crippen molar-refractivity contribution in [3.63, 3.8) is 0 Å². The molecule has 3 heteroatoms. The van der Waals surface area contributed by atoms with Crippen molar-refractivity contribution in [2.24, 2.45) is 11.8 Å². The summed E-state index contributed by atoms with van der Waals surface area (Å²) in [6.45, 7) is 2.72. The van der Waals surface area contributed by atoms with Crippen molar-refractivity contribution in [2.45, 2.75) is 6.54 Å². The number of ketones is 1. The summed E-state index contributed by atoms with van der Waals surface area (Å²) in [5, 5.41) is 0. The van der Waals surface area contributed by atoms with Gasteiger partial charge < -0.3 is 4.74 Å². The zero-order valence-electron chi connectivity index (χ0n) is 13.8. The molecule has 0 N–H and O–H groups in total. The van der Waals surface area contributed by atoms with Crippen LogP contribution in [0, 0.1) is 11.8 Å². The summed E-state index contributed by atoms with van der Waals surface area (Å²) in [7, 11) is 1.67. The predicted molar refractivity (Wildman–Crippen MR) is 94.7 cm³/mol. The van der Waals surface area contributed by atoms with Gasteiger partial charge in [0.2, 0.25) is 0 Å². The molecule has 1 saturated heterocycles. The largest absolute Gasteiger partial charge is 0.497 e. The van der Waals surface area contributed by atoms with E-state index >= 15 is 0 Å². The monoisotopic (exact) mass is 319 g/mol. The van der Waals surface area contributed by atoms with Crippen LogP contribution in [-0.4, -0.2) is 30.9 Å². The highest BCUT2D eigenvalue weighted by Gasteiger charge is 2.43. The van der Waals surface area contributed by atoms with Gasteiger partial charge in [0, 0.05) is 31.5 Å². The molecule has 1 heterocycles. The van der Waals surface area contributed by atoms with Crippen LogP contribution in [0.15, 0.2) is 60.7 Å². The molecule has 2 unspecified atom stereocenters. The maximum Gasteiger partial charge on any atom is 0.161 e. The average Bonchev–Trinajstić information content (AvgIpc) is 3.16. The average molecular weight is 319 g/mol. The van der Waals surface area contributed by atoms with Crippen molar-refractivity contribution in [1.82, 2.24) is 4.90 Å². The van der Waals surface area contributed by atoms with Gasteiger partial charge in [0.05, 0.1) is 7.11 Å². The lowest BCUT2D eigenvalue weighted by molar-refractivity contribution is -0.117. The molecule has 4 rings (SSSR count). The molecule has 2 aromatic rings. The van der Waals surface area contributed by atoms with Gasteiger partial charge in [0.15, 0.2) is 5.78 Å². The Hall–Kier alpha value is -2.39. The highest BCUT2D eigenvalue weighted by atomic mass is 16.5. The third-order valence-corrected chi connectivity index (χ3v) is 5.13. The second kappa shape index (κ2) is 6.25. The number of nitrogens with zero attached hydrogens (tertiary/aromatic N) is 1. The molecule has 0 amide bonds. The van der Waals surface area contributed by atoms with E-state index in [4.69, 9.17) is 4.74 Å². The van der Waals surface area contributed by atoms with Gasteiger partial charge in [-0.05, 0) is 34.9 Å². The molecule has 2 atom stereocenters. The smallest absolute Gasteiger partial charge is 0.161 e. The maximum atomic E-state index is 12.4. The van der Waals surface area contributed by atoms with Crippen LogP contribution in [0.3, 0.4) is 0 Å². The summed E-state index contributed by atoms with van der Waals surface area (Å²) < 4.78 is 5.23. The zero-order chi connectivity index (χ0) is 16.5. The fourth-order valence-corrected chi connectivity index (χ4v) is 3.91. The number of carbonyl (C=O) groups excluding carboxylic acids is 1. The molecule has 0 aromatic heterocycles. The van der Waals surface area contributed by atoms with E-state index in [0.29, 0.717) is 5.92 Å². The van der Waals surface area contributed by atoms with Crippen molar-refractivity contribution >= 4 is 11.4 Å². The van der Waals surface area contributed by atoms with Gasteiger partial charge in [0.1, 0.15) is 5.75 Å². The fourth-order valence-electron chi connectivity index (χ4n) is 3.91. The summed E-state index contributed by atoms with van der Waals surface area (Å²) in [5.41, 5.74) is 3.63. The fraction of sp³-hybridized carbons (Fsp3) is 0.286. The third-order valence-electron chi connectivity index (χ3n) is 5.13. The standard InChI is InChI=1S/C21H21NO2/c1-24-17-9-7-16(8-10-17)18-11-21(23)20-14-22(13-19(18)20)12-15-5-3-2-4-6-15/h2-11,19-20H,12-14H2,1H3. The Morgan fingerprint density at radius 3 is 2.42 bits per heavy atom. The van der Waals surface area contributed by atoms with Crippen molar-refractivity contribution in [1.29, 1.82) is 0 Å². The molecule has 0 spiro atoms. The van der Waals surface area contributed by atoms with E-state index in [1.54, 1.807) is 7.11 Å². The lowest BCUT2D eigenvalue weighted by atomic mass is 9.90. The highest BCUT2D eigenvalue weighted by molar-refractivity contribution is 6.04. The van der Waals surface area contributed by atoms with Crippen LogP contribution in [0.2, 0.25) is 0 Å². The first-order valence-corrected chi connectivity index (χ1v) is 8.41. The topological polar surface area (TPSA) is 29.5 Å². The van der Waals surface area contributed by atoms with Gasteiger partial charge in [-0.3, -0.25) is 9.69 Å². The molecule has 1 aliphatic heterocycles. The highest BCUT2D eigenvalue weighted by Crippen LogP contribution is 2.41. The number of hydrogen-bond acceptors (Lipinski definition) is 3. The first-order valence-electron chi connectivity index (χ1n) is 8.41. The second-order valence-electron chi connectivity index (χ2n) is 6.62. The van der Waals surface area contributed by atoms with Crippen LogP contribution in [0.25, 0.3) is 5.57 Å². The molecule has 2 aromatic carbocycles. The van der Waals surface area contributed by atoms with Crippen molar-refractivity contribution in [2.75, 3.05) is 20.2 Å². The van der Waals surface area contributed by atoms with Crippen LogP contribution in [0.1, 0.15) is 11.1 Å². The van der Waals surface area contributed by atoms with E-state index in [2.05, 4.69) is 41.3 Å². The number of carbonyl (C=O) groups is 1. The number of rotatable bonds is 4. The molecule has 1 fully saturated rings. The van der Waals surface area contributed by atoms with Crippen molar-refractivity contribution in [3.05, 3.63) is 71.8 Å². The number of hydrogen-bond donors (Lipinski definition) is 0. The molecule has 0 saturated carbocycles. The van der Waals surface area contributed by atoms with Gasteiger partial charge in [0.25, 0.3) is 0 Å². The van der Waals surface area contributed by atoms with E-state index in [1.807, 2.05) is 24.3 Å². The molecule has 0 radical (unpaired) electrons. The molecular formula is C21H21NO2. The van der Waals surface area contributed by atoms with E-state index in [0.717, 1.165) is 30.9 Å². The number of ether oxygens (including phenoxy) is 1. The summed E-state index contributed by atoms with van der Waals surface area (Å²) in [6.07, 6.45) is 1.86. The van der Waals surface area contributed by atoms with Crippen LogP contribution in [0.5, 0.6) is 5.75 Å². The number of methoxy groups -OCH3 is 1. The number of likely N-dealkylation sites (tertiary alicyclic amines) is 1. The Morgan fingerprint density at radius 1 is 1.00 bits per heavy atom. The first kappa shape index (κ1) is 15.2. The Labute approximate surface area is 142 Å². The van der Waals surface area contributed by atoms with Crippen LogP contribution in [0.4, 0.5) is 0 Å². The van der Waals surface area contributed by atoms with Crippen molar-refractivity contribution in [3.8, 4) is 5.75 Å². The van der Waals surface area contributed by atoms with Crippen LogP contribution < -0.4 is 4.74 Å². The molecule has 2 aliphatic rings. The SMILES string of the molecule is COc1ccc(C2=CC(=O)C3CN(Cc4ccccc4)CC23)cc1. The van der Waals surface area contributed by atoms with Gasteiger partial charge in [-0.1, -0.05) is 42.5 Å². The normalized spacial score (nSPS) is 23.2. The van der Waals surface area contributed by atoms with E-state index in [-0.39, 0.29) is 11.7 Å². The molecule has 24 heavy (non-hydrogen) atoms. The van der Waals surface area contributed by atoms with E-state index in [9.17, 15) is 4.79 Å². The predicted octanol–water partition coefficient (Wildman–Crippen LogP) is 3.41. The first-order chi connectivity index (χ1) is 11.7. The third kappa shape index (κ3) is 2.76. The molecular weight excluding hydrogens is 298 g/mol. The number of allylic oxidation sites excluding steroid dienone is 1. The van der Waals surface area contributed by atoms with Gasteiger partial charge in [-0.2, -0.15) is 0 Å². The minimum absolute atomic E-state index is 0.116. The molecule has 0 bridgehead atoms. The van der Waals surface area contributed by atoms with E-state index < -0.39 is 0 Å². The Balaban J connectivity index is 1.52. The van der Waals surface area contributed by atoms with Crippen LogP contribution in [-0.2, 0) is 11.3 Å². The number of fused-ring (bicyclic) bond motifs is 1. The van der Waals surface area contributed by atoms with Crippen LogP contribution >= 0.6 is 0 Å². The zero-order valence-corrected chi connectivity index (χ0v) is 13.8. The minimum Gasteiger partial charge on any atom is -0.497 e. The Kier molecular flexibility index (Phi) is 3.95. The van der Waals surface area contributed by atoms with E-state index in [1.165, 1.54) is 11.1 Å². The number of benzene rings is 2. The van der Waals surface area contributed by atoms with Gasteiger partial charge >= 0.3 is 0 Å². The summed E-state index contributed by atoms with van der Waals surface area (Å²) in [4.78, 5) is 14.8. The Bertz CT molecular complexity index is 764. The summed E-state index contributed by atoms with van der Waals surface area (Å²) in [5.74, 6) is 1.55. The van der Waals surface area contributed by atoms with Gasteiger partial charge in [-0.25, -0.2) is 0 Å². The molecule has 1 aliphatic carbocycles. The van der Waals surface area contributed by atoms with Crippen molar-refractivity contribution < 1.29 is 9.53 Å². The maximum absolute atomic E-state index is 12.4. The minimum atomic E-state index is 0.116.